The lowest BCUT2D eigenvalue weighted by Crippen LogP contribution is -2.41. The number of carbonyl (C=O) groups excluding carboxylic acids is 1. The van der Waals surface area contributed by atoms with E-state index >= 15 is 0 Å². The summed E-state index contributed by atoms with van der Waals surface area (Å²) >= 11 is 0. The molecule has 0 radical (unpaired) electrons. The Morgan fingerprint density at radius 2 is 2.12 bits per heavy atom. The summed E-state index contributed by atoms with van der Waals surface area (Å²) in [6.07, 6.45) is 0.242. The first kappa shape index (κ1) is 13.6. The van der Waals surface area contributed by atoms with Crippen molar-refractivity contribution < 1.29 is 9.53 Å². The number of amides is 1. The minimum Gasteiger partial charge on any atom is -0.481 e. The van der Waals surface area contributed by atoms with Crippen molar-refractivity contribution in [3.63, 3.8) is 0 Å². The zero-order valence-corrected chi connectivity index (χ0v) is 11.0. The second-order valence-corrected chi connectivity index (χ2v) is 4.49. The van der Waals surface area contributed by atoms with Crippen LogP contribution in [0.25, 0.3) is 0 Å². The van der Waals surface area contributed by atoms with Crippen molar-refractivity contribution >= 4 is 5.91 Å². The number of ether oxygens (including phenoxy) is 1. The highest BCUT2D eigenvalue weighted by atomic mass is 16.5. The molecule has 1 aromatic rings. The highest BCUT2D eigenvalue weighted by Gasteiger charge is 2.18. The van der Waals surface area contributed by atoms with Gasteiger partial charge in [-0.15, -0.1) is 0 Å². The van der Waals surface area contributed by atoms with Crippen LogP contribution in [0.3, 0.4) is 0 Å². The normalized spacial score (nSPS) is 12.3. The number of rotatable bonds is 5. The molecule has 0 saturated heterocycles. The predicted octanol–water partition coefficient (Wildman–Crippen LogP) is 2.68. The number of aryl methyl sites for hydroxylation is 1. The van der Waals surface area contributed by atoms with Crippen molar-refractivity contribution in [2.24, 2.45) is 0 Å². The lowest BCUT2D eigenvalue weighted by molar-refractivity contribution is -0.128. The van der Waals surface area contributed by atoms with Gasteiger partial charge < -0.3 is 10.1 Å². The zero-order chi connectivity index (χ0) is 12.8. The summed E-state index contributed by atoms with van der Waals surface area (Å²) in [5, 5.41) is 2.86. The monoisotopic (exact) mass is 235 g/mol. The van der Waals surface area contributed by atoms with Crippen LogP contribution in [0.4, 0.5) is 0 Å². The maximum Gasteiger partial charge on any atom is 0.261 e. The molecule has 0 bridgehead atoms. The minimum absolute atomic E-state index is 0.0518. The molecule has 3 heteroatoms. The molecular formula is C14H21NO2. The second kappa shape index (κ2) is 6.28. The number of nitrogens with one attached hydrogen (secondary N) is 1. The molecule has 1 amide bonds. The van der Waals surface area contributed by atoms with Crippen LogP contribution in [0.15, 0.2) is 24.3 Å². The van der Waals surface area contributed by atoms with Crippen LogP contribution in [0.5, 0.6) is 5.75 Å². The van der Waals surface area contributed by atoms with E-state index in [2.05, 4.69) is 5.32 Å². The summed E-state index contributed by atoms with van der Waals surface area (Å²) in [6.45, 7) is 7.83. The Balaban J connectivity index is 2.66. The van der Waals surface area contributed by atoms with E-state index in [1.807, 2.05) is 52.0 Å². The van der Waals surface area contributed by atoms with E-state index in [9.17, 15) is 4.79 Å². The second-order valence-electron chi connectivity index (χ2n) is 4.49. The Morgan fingerprint density at radius 1 is 1.41 bits per heavy atom. The molecule has 0 aromatic heterocycles. The molecule has 0 unspecified atom stereocenters. The Kier molecular flexibility index (Phi) is 5.01. The average molecular weight is 235 g/mol. The van der Waals surface area contributed by atoms with Crippen molar-refractivity contribution in [3.8, 4) is 5.75 Å². The zero-order valence-electron chi connectivity index (χ0n) is 11.0. The van der Waals surface area contributed by atoms with Crippen LogP contribution >= 0.6 is 0 Å². The largest absolute Gasteiger partial charge is 0.481 e. The fourth-order valence-electron chi connectivity index (χ4n) is 1.55. The van der Waals surface area contributed by atoms with Gasteiger partial charge >= 0.3 is 0 Å². The van der Waals surface area contributed by atoms with Crippen molar-refractivity contribution in [2.75, 3.05) is 0 Å². The number of hydrogen-bond donors (Lipinski definition) is 1. The van der Waals surface area contributed by atoms with Crippen LogP contribution in [0.1, 0.15) is 32.8 Å². The lowest BCUT2D eigenvalue weighted by atomic mass is 10.2. The summed E-state index contributed by atoms with van der Waals surface area (Å²) in [6, 6.07) is 7.88. The smallest absolute Gasteiger partial charge is 0.261 e. The number of carbonyl (C=O) groups is 1. The Bertz CT molecular complexity index is 374. The van der Waals surface area contributed by atoms with Crippen molar-refractivity contribution in [1.82, 2.24) is 5.32 Å². The SMILES string of the molecule is CC[C@H](Oc1cccc(C)c1)C(=O)NC(C)C. The third-order valence-electron chi connectivity index (χ3n) is 2.36. The quantitative estimate of drug-likeness (QED) is 0.852. The molecule has 94 valence electrons. The first-order valence-electron chi connectivity index (χ1n) is 6.06. The molecule has 3 nitrogen and oxygen atoms in total. The summed E-state index contributed by atoms with van der Waals surface area (Å²) in [5.41, 5.74) is 1.13. The van der Waals surface area contributed by atoms with Crippen LogP contribution in [-0.4, -0.2) is 18.1 Å². The van der Waals surface area contributed by atoms with E-state index in [0.717, 1.165) is 11.3 Å². The molecule has 0 aliphatic carbocycles. The predicted molar refractivity (Wildman–Crippen MR) is 69.2 cm³/mol. The van der Waals surface area contributed by atoms with Gasteiger partial charge in [0.25, 0.3) is 5.91 Å². The van der Waals surface area contributed by atoms with E-state index in [0.29, 0.717) is 6.42 Å². The summed E-state index contributed by atoms with van der Waals surface area (Å²) in [5.74, 6) is 0.694. The Morgan fingerprint density at radius 3 is 2.65 bits per heavy atom. The third kappa shape index (κ3) is 4.47. The summed E-state index contributed by atoms with van der Waals surface area (Å²) < 4.78 is 5.70. The van der Waals surface area contributed by atoms with Gasteiger partial charge in [0.2, 0.25) is 0 Å². The van der Waals surface area contributed by atoms with E-state index in [1.54, 1.807) is 0 Å². The van der Waals surface area contributed by atoms with Gasteiger partial charge in [0.05, 0.1) is 0 Å². The van der Waals surface area contributed by atoms with Gasteiger partial charge in [0.15, 0.2) is 6.10 Å². The highest BCUT2D eigenvalue weighted by Crippen LogP contribution is 2.15. The van der Waals surface area contributed by atoms with Crippen LogP contribution in [0, 0.1) is 6.92 Å². The minimum atomic E-state index is -0.417. The van der Waals surface area contributed by atoms with Crippen LogP contribution in [-0.2, 0) is 4.79 Å². The van der Waals surface area contributed by atoms with Crippen molar-refractivity contribution in [2.45, 2.75) is 46.3 Å². The van der Waals surface area contributed by atoms with Gasteiger partial charge in [0, 0.05) is 6.04 Å². The fraction of sp³-hybridized carbons (Fsp3) is 0.500. The molecule has 0 heterocycles. The van der Waals surface area contributed by atoms with E-state index in [-0.39, 0.29) is 11.9 Å². The molecule has 0 aliphatic rings. The maximum atomic E-state index is 11.8. The summed E-state index contributed by atoms with van der Waals surface area (Å²) in [4.78, 5) is 11.8. The van der Waals surface area contributed by atoms with Gasteiger partial charge in [-0.2, -0.15) is 0 Å². The van der Waals surface area contributed by atoms with Gasteiger partial charge in [-0.1, -0.05) is 19.1 Å². The lowest BCUT2D eigenvalue weighted by Gasteiger charge is -2.19. The van der Waals surface area contributed by atoms with Crippen molar-refractivity contribution in [3.05, 3.63) is 29.8 Å². The fourth-order valence-corrected chi connectivity index (χ4v) is 1.55. The van der Waals surface area contributed by atoms with E-state index < -0.39 is 6.10 Å². The van der Waals surface area contributed by atoms with Gasteiger partial charge in [0.1, 0.15) is 5.75 Å². The standard InChI is InChI=1S/C14H21NO2/c1-5-13(14(16)15-10(2)3)17-12-8-6-7-11(4)9-12/h6-10,13H,5H2,1-4H3,(H,15,16)/t13-/m0/s1. The van der Waals surface area contributed by atoms with Crippen LogP contribution in [0.2, 0.25) is 0 Å². The molecule has 0 saturated carbocycles. The molecule has 0 spiro atoms. The molecule has 0 aliphatic heterocycles. The first-order chi connectivity index (χ1) is 8.02. The average Bonchev–Trinajstić information content (AvgIpc) is 2.24. The molecule has 17 heavy (non-hydrogen) atoms. The molecule has 1 atom stereocenters. The molecule has 0 fully saturated rings. The highest BCUT2D eigenvalue weighted by molar-refractivity contribution is 5.81. The van der Waals surface area contributed by atoms with Crippen LogP contribution < -0.4 is 10.1 Å². The van der Waals surface area contributed by atoms with Gasteiger partial charge in [-0.05, 0) is 44.9 Å². The van der Waals surface area contributed by atoms with Crippen molar-refractivity contribution in [1.29, 1.82) is 0 Å². The van der Waals surface area contributed by atoms with E-state index in [4.69, 9.17) is 4.74 Å². The maximum absolute atomic E-state index is 11.8. The molecule has 1 aromatic carbocycles. The van der Waals surface area contributed by atoms with Gasteiger partial charge in [-0.3, -0.25) is 4.79 Å². The number of benzene rings is 1. The molecule has 1 N–H and O–H groups in total. The number of hydrogen-bond acceptors (Lipinski definition) is 2. The molecular weight excluding hydrogens is 214 g/mol. The van der Waals surface area contributed by atoms with E-state index in [1.165, 1.54) is 0 Å². The Hall–Kier alpha value is -1.51. The topological polar surface area (TPSA) is 38.3 Å². The first-order valence-corrected chi connectivity index (χ1v) is 6.06. The van der Waals surface area contributed by atoms with Gasteiger partial charge in [-0.25, -0.2) is 0 Å². The Labute approximate surface area is 103 Å². The summed E-state index contributed by atoms with van der Waals surface area (Å²) in [7, 11) is 0. The molecule has 1 rings (SSSR count). The third-order valence-corrected chi connectivity index (χ3v) is 2.36.